The Morgan fingerprint density at radius 2 is 1.79 bits per heavy atom. The number of thioether (sulfide) groups is 1. The molecule has 0 aliphatic carbocycles. The van der Waals surface area contributed by atoms with Crippen molar-refractivity contribution >= 4 is 29.3 Å². The van der Waals surface area contributed by atoms with Crippen molar-refractivity contribution in [1.82, 2.24) is 0 Å². The quantitative estimate of drug-likeness (QED) is 0.543. The van der Waals surface area contributed by atoms with Gasteiger partial charge in [0.25, 0.3) is 5.91 Å². The van der Waals surface area contributed by atoms with E-state index in [9.17, 15) is 9.59 Å². The molecular weight excluding hydrogens is 384 g/mol. The van der Waals surface area contributed by atoms with E-state index in [2.05, 4.69) is 11.4 Å². The first-order chi connectivity index (χ1) is 14.0. The Labute approximate surface area is 174 Å². The Hall–Kier alpha value is -3.25. The fourth-order valence-electron chi connectivity index (χ4n) is 2.73. The molecule has 0 saturated heterocycles. The number of aryl methyl sites for hydroxylation is 1. The van der Waals surface area contributed by atoms with E-state index in [0.29, 0.717) is 23.6 Å². The first kappa shape index (κ1) is 20.5. The van der Waals surface area contributed by atoms with Gasteiger partial charge in [0.2, 0.25) is 5.91 Å². The number of ether oxygens (including phenoxy) is 1. The van der Waals surface area contributed by atoms with Crippen LogP contribution in [0.2, 0.25) is 0 Å². The molecule has 0 fully saturated rings. The Morgan fingerprint density at radius 1 is 1.00 bits per heavy atom. The van der Waals surface area contributed by atoms with Crippen LogP contribution in [0.25, 0.3) is 0 Å². The smallest absolute Gasteiger partial charge is 0.255 e. The van der Waals surface area contributed by atoms with E-state index >= 15 is 0 Å². The molecule has 0 bridgehead atoms. The SMILES string of the molecule is Cc1cccc(COc2cccc(C(=O)Nc3ccccc3SCC(N)=O)c2)c1. The molecule has 2 amide bonds. The van der Waals surface area contributed by atoms with E-state index in [0.717, 1.165) is 10.5 Å². The maximum atomic E-state index is 12.7. The number of primary amides is 1. The number of amides is 2. The first-order valence-electron chi connectivity index (χ1n) is 9.11. The highest BCUT2D eigenvalue weighted by Gasteiger charge is 2.11. The van der Waals surface area contributed by atoms with Gasteiger partial charge in [0.1, 0.15) is 12.4 Å². The third-order valence-electron chi connectivity index (χ3n) is 4.09. The number of para-hydroxylation sites is 1. The Morgan fingerprint density at radius 3 is 2.59 bits per heavy atom. The second kappa shape index (κ2) is 9.80. The van der Waals surface area contributed by atoms with Crippen LogP contribution < -0.4 is 15.8 Å². The highest BCUT2D eigenvalue weighted by atomic mass is 32.2. The van der Waals surface area contributed by atoms with E-state index in [-0.39, 0.29) is 11.7 Å². The van der Waals surface area contributed by atoms with Crippen molar-refractivity contribution in [2.45, 2.75) is 18.4 Å². The fourth-order valence-corrected chi connectivity index (χ4v) is 3.48. The van der Waals surface area contributed by atoms with Gasteiger partial charge < -0.3 is 15.8 Å². The zero-order chi connectivity index (χ0) is 20.6. The highest BCUT2D eigenvalue weighted by Crippen LogP contribution is 2.27. The normalized spacial score (nSPS) is 10.4. The van der Waals surface area contributed by atoms with Crippen LogP contribution in [0.1, 0.15) is 21.5 Å². The van der Waals surface area contributed by atoms with Gasteiger partial charge in [-0.05, 0) is 42.8 Å². The highest BCUT2D eigenvalue weighted by molar-refractivity contribution is 8.00. The van der Waals surface area contributed by atoms with Crippen LogP contribution in [0.4, 0.5) is 5.69 Å². The number of hydrogen-bond acceptors (Lipinski definition) is 4. The molecule has 3 N–H and O–H groups in total. The third kappa shape index (κ3) is 6.12. The molecule has 0 aromatic heterocycles. The molecular formula is C23H22N2O3S. The minimum Gasteiger partial charge on any atom is -0.489 e. The number of carbonyl (C=O) groups excluding carboxylic acids is 2. The standard InChI is InChI=1S/C23H22N2O3S/c1-16-6-4-7-17(12-16)14-28-19-9-5-8-18(13-19)23(27)25-20-10-2-3-11-21(20)29-15-22(24)26/h2-13H,14-15H2,1H3,(H2,24,26)(H,25,27). The molecule has 0 unspecified atom stereocenters. The molecule has 29 heavy (non-hydrogen) atoms. The van der Waals surface area contributed by atoms with Crippen molar-refractivity contribution < 1.29 is 14.3 Å². The summed E-state index contributed by atoms with van der Waals surface area (Å²) in [4.78, 5) is 24.5. The minimum absolute atomic E-state index is 0.148. The molecule has 3 aromatic carbocycles. The summed E-state index contributed by atoms with van der Waals surface area (Å²) < 4.78 is 5.84. The molecule has 0 aliphatic rings. The summed E-state index contributed by atoms with van der Waals surface area (Å²) in [6.07, 6.45) is 0. The van der Waals surface area contributed by atoms with E-state index in [4.69, 9.17) is 10.5 Å². The van der Waals surface area contributed by atoms with Gasteiger partial charge in [0.15, 0.2) is 0 Å². The third-order valence-corrected chi connectivity index (χ3v) is 5.19. The molecule has 6 heteroatoms. The van der Waals surface area contributed by atoms with Gasteiger partial charge >= 0.3 is 0 Å². The molecule has 148 valence electrons. The molecule has 0 heterocycles. The monoisotopic (exact) mass is 406 g/mol. The number of nitrogens with one attached hydrogen (secondary N) is 1. The van der Waals surface area contributed by atoms with Crippen LogP contribution in [0.3, 0.4) is 0 Å². The molecule has 3 rings (SSSR count). The van der Waals surface area contributed by atoms with Gasteiger partial charge in [-0.25, -0.2) is 0 Å². The predicted octanol–water partition coefficient (Wildman–Crippen LogP) is 4.40. The summed E-state index contributed by atoms with van der Waals surface area (Å²) in [5, 5.41) is 2.89. The average molecular weight is 407 g/mol. The summed E-state index contributed by atoms with van der Waals surface area (Å²) >= 11 is 1.29. The van der Waals surface area contributed by atoms with Gasteiger partial charge in [0, 0.05) is 10.5 Å². The lowest BCUT2D eigenvalue weighted by atomic mass is 10.1. The van der Waals surface area contributed by atoms with Crippen molar-refractivity contribution in [2.24, 2.45) is 5.73 Å². The lowest BCUT2D eigenvalue weighted by Gasteiger charge is -2.11. The van der Waals surface area contributed by atoms with Crippen molar-refractivity contribution in [1.29, 1.82) is 0 Å². The van der Waals surface area contributed by atoms with Gasteiger partial charge in [0.05, 0.1) is 11.4 Å². The van der Waals surface area contributed by atoms with E-state index < -0.39 is 5.91 Å². The maximum Gasteiger partial charge on any atom is 0.255 e. The zero-order valence-corrected chi connectivity index (χ0v) is 16.9. The van der Waals surface area contributed by atoms with Crippen molar-refractivity contribution in [3.63, 3.8) is 0 Å². The number of nitrogens with two attached hydrogens (primary N) is 1. The summed E-state index contributed by atoms with van der Waals surface area (Å²) in [7, 11) is 0. The van der Waals surface area contributed by atoms with Gasteiger partial charge in [-0.15, -0.1) is 11.8 Å². The fraction of sp³-hybridized carbons (Fsp3) is 0.130. The minimum atomic E-state index is -0.408. The number of benzene rings is 3. The Kier molecular flexibility index (Phi) is 6.92. The lowest BCUT2D eigenvalue weighted by Crippen LogP contribution is -2.14. The summed E-state index contributed by atoms with van der Waals surface area (Å²) in [5.74, 6) is 0.109. The summed E-state index contributed by atoms with van der Waals surface area (Å²) in [5.41, 5.74) is 8.58. The number of carbonyl (C=O) groups is 2. The molecule has 0 spiro atoms. The van der Waals surface area contributed by atoms with E-state index in [1.165, 1.54) is 17.3 Å². The van der Waals surface area contributed by atoms with Crippen LogP contribution in [0.5, 0.6) is 5.75 Å². The maximum absolute atomic E-state index is 12.7. The summed E-state index contributed by atoms with van der Waals surface area (Å²) in [6.45, 7) is 2.47. The second-order valence-electron chi connectivity index (χ2n) is 6.51. The zero-order valence-electron chi connectivity index (χ0n) is 16.1. The van der Waals surface area contributed by atoms with Crippen LogP contribution in [-0.4, -0.2) is 17.6 Å². The van der Waals surface area contributed by atoms with Crippen LogP contribution >= 0.6 is 11.8 Å². The van der Waals surface area contributed by atoms with Gasteiger partial charge in [-0.2, -0.15) is 0 Å². The average Bonchev–Trinajstić information content (AvgIpc) is 2.72. The van der Waals surface area contributed by atoms with Crippen molar-refractivity contribution in [3.8, 4) is 5.75 Å². The molecule has 3 aromatic rings. The molecule has 0 saturated carbocycles. The Balaban J connectivity index is 1.67. The number of anilines is 1. The predicted molar refractivity (Wildman–Crippen MR) is 116 cm³/mol. The van der Waals surface area contributed by atoms with Gasteiger partial charge in [-0.1, -0.05) is 48.0 Å². The van der Waals surface area contributed by atoms with Crippen LogP contribution in [-0.2, 0) is 11.4 Å². The van der Waals surface area contributed by atoms with Gasteiger partial charge in [-0.3, -0.25) is 9.59 Å². The number of rotatable bonds is 8. The topological polar surface area (TPSA) is 81.4 Å². The molecule has 5 nitrogen and oxygen atoms in total. The molecule has 0 aliphatic heterocycles. The second-order valence-corrected chi connectivity index (χ2v) is 7.53. The van der Waals surface area contributed by atoms with Crippen LogP contribution in [0.15, 0.2) is 77.7 Å². The molecule has 0 atom stereocenters. The lowest BCUT2D eigenvalue weighted by molar-refractivity contribution is -0.115. The van der Waals surface area contributed by atoms with Crippen molar-refractivity contribution in [3.05, 3.63) is 89.5 Å². The number of hydrogen-bond donors (Lipinski definition) is 2. The van der Waals surface area contributed by atoms with Crippen molar-refractivity contribution in [2.75, 3.05) is 11.1 Å². The van der Waals surface area contributed by atoms with E-state index in [1.54, 1.807) is 24.3 Å². The summed E-state index contributed by atoms with van der Waals surface area (Å²) in [6, 6.07) is 22.4. The largest absolute Gasteiger partial charge is 0.489 e. The first-order valence-corrected chi connectivity index (χ1v) is 10.1. The van der Waals surface area contributed by atoms with Crippen LogP contribution in [0, 0.1) is 6.92 Å². The Bertz CT molecular complexity index is 1020. The molecule has 0 radical (unpaired) electrons. The van der Waals surface area contributed by atoms with E-state index in [1.807, 2.05) is 49.4 Å².